The fourth-order valence-electron chi connectivity index (χ4n) is 6.45. The largest absolute Gasteiger partial charge is 2.00 e. The molecule has 0 saturated carbocycles. The molecular weight excluding hydrogens is 1350 g/mol. The molecule has 0 spiro atoms. The number of unbranched alkanes of at least 4 members (excludes halogenated alkanes) is 4. The van der Waals surface area contributed by atoms with E-state index < -0.39 is 0 Å². The predicted molar refractivity (Wildman–Crippen MR) is 343 cm³/mol. The molecule has 504 valence electrons. The Morgan fingerprint density at radius 2 is 0.446 bits per heavy atom. The third kappa shape index (κ3) is 40.5. The van der Waals surface area contributed by atoms with E-state index in [-0.39, 0.29) is 112 Å². The third-order valence-electron chi connectivity index (χ3n) is 11.6. The van der Waals surface area contributed by atoms with E-state index in [0.717, 1.165) is 73.6 Å². The minimum absolute atomic E-state index is 0. The molecule has 0 atom stereocenters. The Morgan fingerprint density at radius 3 is 0.587 bits per heavy atom. The van der Waals surface area contributed by atoms with Crippen molar-refractivity contribution < 1.29 is 127 Å². The number of aliphatic hydroxyl groups excluding tert-OH is 4. The Hall–Kier alpha value is -7.35. The first-order valence-electron chi connectivity index (χ1n) is 29.1. The van der Waals surface area contributed by atoms with Gasteiger partial charge in [-0.2, -0.15) is 0 Å². The van der Waals surface area contributed by atoms with Crippen LogP contribution in [0.25, 0.3) is 0 Å². The molecule has 0 aliphatic heterocycles. The van der Waals surface area contributed by atoms with Crippen molar-refractivity contribution in [2.75, 3.05) is 26.4 Å². The molecule has 0 fully saturated rings. The average molecular weight is 1430 g/mol. The summed E-state index contributed by atoms with van der Waals surface area (Å²) in [4.78, 5) is 16.2. The summed E-state index contributed by atoms with van der Waals surface area (Å²) >= 11 is 0. The van der Waals surface area contributed by atoms with E-state index in [1.165, 1.54) is 73.4 Å². The molecule has 0 bridgehead atoms. The standard InChI is InChI=1S/4C14H13NO2.4C4H10O.4Ni/c4*1-10-6-7-14(17)12(8-10)15-9-11-4-2-3-5-13(11)16;4*1-2-3-4-5;;;;/h4*2-9,16-17H,1H3;4*5H,2-4H2,1H3;;;;/q;;;;;;;;4*+2/p-8. The quantitative estimate of drug-likeness (QED) is 0.0518. The van der Waals surface area contributed by atoms with Crippen LogP contribution in [0.5, 0.6) is 46.0 Å². The van der Waals surface area contributed by atoms with Gasteiger partial charge >= 0.3 is 66.0 Å². The molecule has 8 rings (SSSR count). The van der Waals surface area contributed by atoms with E-state index in [0.29, 0.717) is 71.4 Å². The molecule has 0 amide bonds. The van der Waals surface area contributed by atoms with Gasteiger partial charge in [0.05, 0.1) is 22.7 Å². The number of rotatable bonds is 16. The molecule has 16 nitrogen and oxygen atoms in total. The zero-order valence-corrected chi connectivity index (χ0v) is 57.0. The van der Waals surface area contributed by atoms with Crippen LogP contribution in [0.2, 0.25) is 0 Å². The number of benzene rings is 8. The van der Waals surface area contributed by atoms with Crippen LogP contribution in [0.15, 0.2) is 190 Å². The van der Waals surface area contributed by atoms with Crippen molar-refractivity contribution in [2.24, 2.45) is 20.0 Å². The molecule has 92 heavy (non-hydrogen) atoms. The summed E-state index contributed by atoms with van der Waals surface area (Å²) in [7, 11) is 0. The van der Waals surface area contributed by atoms with Gasteiger partial charge in [0.25, 0.3) is 0 Å². The van der Waals surface area contributed by atoms with E-state index in [2.05, 4.69) is 47.7 Å². The Morgan fingerprint density at radius 1 is 0.272 bits per heavy atom. The van der Waals surface area contributed by atoms with Crippen molar-refractivity contribution in [3.05, 3.63) is 214 Å². The van der Waals surface area contributed by atoms with E-state index in [1.807, 2.05) is 27.7 Å². The maximum atomic E-state index is 11.5. The first kappa shape index (κ1) is 91.1. The first-order chi connectivity index (χ1) is 42.3. The van der Waals surface area contributed by atoms with E-state index in [1.54, 1.807) is 121 Å². The number of para-hydroxylation sites is 4. The zero-order valence-electron chi connectivity index (χ0n) is 53.1. The summed E-state index contributed by atoms with van der Waals surface area (Å²) in [5.74, 6) is -0.976. The predicted octanol–water partition coefficient (Wildman–Crippen LogP) is 10.7. The molecule has 0 aliphatic carbocycles. The van der Waals surface area contributed by atoms with Gasteiger partial charge in [-0.15, -0.1) is 23.0 Å². The first-order valence-corrected chi connectivity index (χ1v) is 29.1. The molecular formula is C72H84N4Ni4O12. The third-order valence-corrected chi connectivity index (χ3v) is 11.6. The van der Waals surface area contributed by atoms with Crippen LogP contribution in [-0.4, -0.2) is 71.7 Å². The van der Waals surface area contributed by atoms with Gasteiger partial charge in [-0.3, -0.25) is 20.0 Å². The van der Waals surface area contributed by atoms with Gasteiger partial charge in [-0.25, -0.2) is 0 Å². The number of nitrogens with zero attached hydrogens (tertiary/aromatic N) is 4. The summed E-state index contributed by atoms with van der Waals surface area (Å²) in [5, 5.41) is 124. The van der Waals surface area contributed by atoms with Crippen molar-refractivity contribution >= 4 is 47.6 Å². The second-order valence-electron chi connectivity index (χ2n) is 19.4. The number of hydrogen-bond acceptors (Lipinski definition) is 16. The Kier molecular flexibility index (Phi) is 55.8. The summed E-state index contributed by atoms with van der Waals surface area (Å²) in [6.07, 6.45) is 13.9. The minimum Gasteiger partial charge on any atom is -0.872 e. The molecule has 0 unspecified atom stereocenters. The minimum atomic E-state index is -0.143. The van der Waals surface area contributed by atoms with Crippen molar-refractivity contribution in [3.8, 4) is 46.0 Å². The molecule has 8 aromatic carbocycles. The smallest absolute Gasteiger partial charge is 0.872 e. The average Bonchev–Trinajstić information content (AvgIpc) is 2.13. The monoisotopic (exact) mass is 1430 g/mol. The topological polar surface area (TPSA) is 315 Å². The van der Waals surface area contributed by atoms with Crippen LogP contribution >= 0.6 is 0 Å². The molecule has 4 N–H and O–H groups in total. The van der Waals surface area contributed by atoms with E-state index >= 15 is 0 Å². The molecule has 20 heteroatoms. The SMILES string of the molecule is CCCCO.CCCCO.CCCCO.CCCCO.Cc1ccc([O-])c(N=Cc2ccccc2[O-])c1.Cc1ccc([O-])c(N=Cc2ccccc2[O-])c1.Cc1ccc([O-])c(N=Cc2ccccc2[O-])c1.Cc1ccc([O-])c(N=Cc2ccccc2[O-])c1.[Ni+2].[Ni+2].[Ni+2].[Ni+2]. The molecule has 0 heterocycles. The fourth-order valence-corrected chi connectivity index (χ4v) is 6.45. The number of hydrogen-bond donors (Lipinski definition) is 4. The van der Waals surface area contributed by atoms with Crippen molar-refractivity contribution in [3.63, 3.8) is 0 Å². The normalized spacial score (nSPS) is 9.87. The maximum absolute atomic E-state index is 11.5. The second kappa shape index (κ2) is 56.4. The number of aliphatic imine (C=N–C) groups is 4. The molecule has 0 radical (unpaired) electrons. The molecule has 0 aromatic heterocycles. The van der Waals surface area contributed by atoms with Gasteiger partial charge in [0.15, 0.2) is 0 Å². The van der Waals surface area contributed by atoms with Crippen molar-refractivity contribution in [2.45, 2.75) is 107 Å². The summed E-state index contributed by atoms with van der Waals surface area (Å²) in [6, 6.07) is 46.0. The summed E-state index contributed by atoms with van der Waals surface area (Å²) < 4.78 is 0. The van der Waals surface area contributed by atoms with Crippen LogP contribution in [-0.2, 0) is 66.0 Å². The van der Waals surface area contributed by atoms with Gasteiger partial charge < -0.3 is 61.3 Å². The Bertz CT molecular complexity index is 2890. The summed E-state index contributed by atoms with van der Waals surface area (Å²) in [5.41, 5.74) is 7.20. The van der Waals surface area contributed by atoms with Crippen LogP contribution in [0.4, 0.5) is 22.7 Å². The zero-order chi connectivity index (χ0) is 65.5. The number of aryl methyl sites for hydroxylation is 4. The van der Waals surface area contributed by atoms with E-state index in [9.17, 15) is 40.9 Å². The Balaban J connectivity index is -0.000000503. The van der Waals surface area contributed by atoms with Gasteiger partial charge in [0, 0.05) is 51.3 Å². The molecule has 0 saturated heterocycles. The van der Waals surface area contributed by atoms with Gasteiger partial charge in [0.1, 0.15) is 0 Å². The van der Waals surface area contributed by atoms with Gasteiger partial charge in [0.2, 0.25) is 0 Å². The van der Waals surface area contributed by atoms with Crippen LogP contribution in [0.3, 0.4) is 0 Å². The van der Waals surface area contributed by atoms with E-state index in [4.69, 9.17) is 20.4 Å². The Labute approximate surface area is 584 Å². The fraction of sp³-hybridized carbons (Fsp3) is 0.278. The van der Waals surface area contributed by atoms with Crippen LogP contribution in [0, 0.1) is 27.7 Å². The van der Waals surface area contributed by atoms with Gasteiger partial charge in [-0.1, -0.05) is 222 Å². The van der Waals surface area contributed by atoms with Crippen molar-refractivity contribution in [1.82, 2.24) is 0 Å². The molecule has 8 aromatic rings. The second-order valence-corrected chi connectivity index (χ2v) is 19.4. The van der Waals surface area contributed by atoms with Crippen LogP contribution in [0.1, 0.15) is 124 Å². The maximum Gasteiger partial charge on any atom is 2.00 e. The summed E-state index contributed by atoms with van der Waals surface area (Å²) in [6.45, 7) is 17.1. The van der Waals surface area contributed by atoms with Gasteiger partial charge in [-0.05, 0) is 122 Å². The molecule has 0 aliphatic rings. The van der Waals surface area contributed by atoms with Crippen molar-refractivity contribution in [1.29, 1.82) is 0 Å². The van der Waals surface area contributed by atoms with Crippen LogP contribution < -0.4 is 40.9 Å². The number of aliphatic hydroxyl groups is 4.